The molecule has 0 saturated carbocycles. The van der Waals surface area contributed by atoms with Crippen LogP contribution in [0.3, 0.4) is 0 Å². The average Bonchev–Trinajstić information content (AvgIpc) is 2.84. The van der Waals surface area contributed by atoms with Crippen LogP contribution in [0.5, 0.6) is 11.5 Å². The molecule has 10 heteroatoms. The number of nitrogens with one attached hydrogen (secondary N) is 2. The van der Waals surface area contributed by atoms with Crippen molar-refractivity contribution in [2.24, 2.45) is 10.2 Å². The number of halogens is 2. The molecule has 0 aliphatic heterocycles. The summed E-state index contributed by atoms with van der Waals surface area (Å²) in [5.41, 5.74) is 7.41. The van der Waals surface area contributed by atoms with Crippen molar-refractivity contribution in [2.45, 2.75) is 0 Å². The summed E-state index contributed by atoms with van der Waals surface area (Å²) >= 11 is 6.70. The van der Waals surface area contributed by atoms with E-state index < -0.39 is 0 Å². The molecule has 3 rings (SSSR count). The van der Waals surface area contributed by atoms with E-state index in [0.717, 1.165) is 11.1 Å². The molecule has 0 aliphatic rings. The largest absolute Gasteiger partial charge is 0.496 e. The molecule has 0 unspecified atom stereocenters. The number of amides is 2. The van der Waals surface area contributed by atoms with E-state index in [1.54, 1.807) is 50.6 Å². The molecular formula is C24H20Br2N4O4. The van der Waals surface area contributed by atoms with Gasteiger partial charge in [0, 0.05) is 11.1 Å². The van der Waals surface area contributed by atoms with Crippen molar-refractivity contribution < 1.29 is 19.1 Å². The molecule has 0 bridgehead atoms. The van der Waals surface area contributed by atoms with Gasteiger partial charge in [0.25, 0.3) is 11.8 Å². The Morgan fingerprint density at radius 2 is 1.09 bits per heavy atom. The lowest BCUT2D eigenvalue weighted by Crippen LogP contribution is -2.17. The fourth-order valence-corrected chi connectivity index (χ4v) is 3.82. The van der Waals surface area contributed by atoms with Gasteiger partial charge >= 0.3 is 0 Å². The number of rotatable bonds is 8. The number of hydrogen-bond donors (Lipinski definition) is 2. The molecule has 174 valence electrons. The fraction of sp³-hybridized carbons (Fsp3) is 0.0833. The summed E-state index contributed by atoms with van der Waals surface area (Å²) in [7, 11) is 3.11. The van der Waals surface area contributed by atoms with Crippen LogP contribution in [0, 0.1) is 0 Å². The van der Waals surface area contributed by atoms with E-state index in [1.165, 1.54) is 12.4 Å². The third-order valence-corrected chi connectivity index (χ3v) is 5.76. The lowest BCUT2D eigenvalue weighted by atomic mass is 10.2. The maximum absolute atomic E-state index is 12.2. The number of carbonyl (C=O) groups excluding carboxylic acids is 2. The van der Waals surface area contributed by atoms with Gasteiger partial charge in [0.1, 0.15) is 11.5 Å². The molecule has 3 aromatic carbocycles. The van der Waals surface area contributed by atoms with Crippen molar-refractivity contribution in [1.82, 2.24) is 10.9 Å². The quantitative estimate of drug-likeness (QED) is 0.293. The summed E-state index contributed by atoms with van der Waals surface area (Å²) in [6.45, 7) is 0. The molecule has 0 aromatic heterocycles. The Morgan fingerprint density at radius 1 is 0.706 bits per heavy atom. The van der Waals surface area contributed by atoms with Crippen molar-refractivity contribution in [3.8, 4) is 11.5 Å². The van der Waals surface area contributed by atoms with Gasteiger partial charge in [-0.05, 0) is 79.4 Å². The van der Waals surface area contributed by atoms with E-state index in [4.69, 9.17) is 9.47 Å². The first-order valence-corrected chi connectivity index (χ1v) is 11.4. The van der Waals surface area contributed by atoms with Crippen molar-refractivity contribution in [3.63, 3.8) is 0 Å². The van der Waals surface area contributed by atoms with Crippen molar-refractivity contribution in [1.29, 1.82) is 0 Å². The van der Waals surface area contributed by atoms with Crippen LogP contribution in [0.1, 0.15) is 31.8 Å². The number of ether oxygens (including phenoxy) is 2. The highest BCUT2D eigenvalue weighted by Gasteiger charge is 2.09. The maximum atomic E-state index is 12.2. The molecule has 0 atom stereocenters. The van der Waals surface area contributed by atoms with E-state index in [0.29, 0.717) is 31.6 Å². The fourth-order valence-electron chi connectivity index (χ4n) is 2.74. The Morgan fingerprint density at radius 3 is 1.41 bits per heavy atom. The molecule has 8 nitrogen and oxygen atoms in total. The van der Waals surface area contributed by atoms with Crippen molar-refractivity contribution in [2.75, 3.05) is 14.2 Å². The molecule has 0 spiro atoms. The van der Waals surface area contributed by atoms with Crippen LogP contribution in [-0.2, 0) is 0 Å². The van der Waals surface area contributed by atoms with Gasteiger partial charge in [0.15, 0.2) is 0 Å². The standard InChI is InChI=1S/C24H20Br2N4O4/c1-33-21-9-7-17(11-19(21)25)23(31)29-27-13-15-3-5-16(6-4-15)14-28-30-24(32)18-8-10-22(34-2)20(26)12-18/h3-14H,1-2H3,(H,29,31)(H,30,32). The molecule has 2 amide bonds. The Hall–Kier alpha value is -3.50. The molecule has 2 N–H and O–H groups in total. The summed E-state index contributed by atoms with van der Waals surface area (Å²) in [6.07, 6.45) is 3.06. The maximum Gasteiger partial charge on any atom is 0.271 e. The second-order valence-electron chi connectivity index (χ2n) is 6.76. The molecule has 0 aliphatic carbocycles. The number of benzene rings is 3. The van der Waals surface area contributed by atoms with Gasteiger partial charge in [-0.25, -0.2) is 10.9 Å². The zero-order valence-corrected chi connectivity index (χ0v) is 21.4. The summed E-state index contributed by atoms with van der Waals surface area (Å²) < 4.78 is 11.7. The van der Waals surface area contributed by atoms with E-state index in [-0.39, 0.29) is 11.8 Å². The highest BCUT2D eigenvalue weighted by Crippen LogP contribution is 2.26. The number of nitrogens with zero attached hydrogens (tertiary/aromatic N) is 2. The van der Waals surface area contributed by atoms with Crippen LogP contribution in [0.4, 0.5) is 0 Å². The first-order chi connectivity index (χ1) is 16.4. The highest BCUT2D eigenvalue weighted by molar-refractivity contribution is 9.10. The number of carbonyl (C=O) groups is 2. The molecule has 0 fully saturated rings. The molecule has 0 heterocycles. The van der Waals surface area contributed by atoms with Crippen LogP contribution in [0.15, 0.2) is 79.8 Å². The molecular weight excluding hydrogens is 568 g/mol. The second kappa shape index (κ2) is 12.1. The molecule has 3 aromatic rings. The summed E-state index contributed by atoms with van der Waals surface area (Å²) in [5, 5.41) is 7.97. The van der Waals surface area contributed by atoms with E-state index in [9.17, 15) is 9.59 Å². The highest BCUT2D eigenvalue weighted by atomic mass is 79.9. The van der Waals surface area contributed by atoms with E-state index in [1.807, 2.05) is 24.3 Å². The van der Waals surface area contributed by atoms with Crippen LogP contribution in [-0.4, -0.2) is 38.5 Å². The smallest absolute Gasteiger partial charge is 0.271 e. The van der Waals surface area contributed by atoms with E-state index >= 15 is 0 Å². The first kappa shape index (κ1) is 25.1. The van der Waals surface area contributed by atoms with Gasteiger partial charge in [-0.2, -0.15) is 10.2 Å². The third-order valence-electron chi connectivity index (χ3n) is 4.52. The zero-order chi connectivity index (χ0) is 24.5. The minimum absolute atomic E-state index is 0.344. The third kappa shape index (κ3) is 6.75. The lowest BCUT2D eigenvalue weighted by Gasteiger charge is -2.05. The topological polar surface area (TPSA) is 101 Å². The summed E-state index contributed by atoms with van der Waals surface area (Å²) in [4.78, 5) is 24.4. The number of hydrogen-bond acceptors (Lipinski definition) is 6. The Bertz CT molecular complexity index is 1150. The zero-order valence-electron chi connectivity index (χ0n) is 18.2. The normalized spacial score (nSPS) is 10.9. The van der Waals surface area contributed by atoms with Crippen LogP contribution in [0.2, 0.25) is 0 Å². The Balaban J connectivity index is 1.52. The van der Waals surface area contributed by atoms with Gasteiger partial charge in [-0.1, -0.05) is 24.3 Å². The van der Waals surface area contributed by atoms with E-state index in [2.05, 4.69) is 52.9 Å². The van der Waals surface area contributed by atoms with Crippen molar-refractivity contribution in [3.05, 3.63) is 91.9 Å². The average molecular weight is 588 g/mol. The monoisotopic (exact) mass is 586 g/mol. The molecule has 34 heavy (non-hydrogen) atoms. The summed E-state index contributed by atoms with van der Waals surface area (Å²) in [6, 6.07) is 17.2. The molecule has 0 radical (unpaired) electrons. The number of hydrazone groups is 2. The minimum Gasteiger partial charge on any atom is -0.496 e. The van der Waals surface area contributed by atoms with Gasteiger partial charge in [0.2, 0.25) is 0 Å². The number of methoxy groups -OCH3 is 2. The second-order valence-corrected chi connectivity index (χ2v) is 8.47. The minimum atomic E-state index is -0.344. The lowest BCUT2D eigenvalue weighted by molar-refractivity contribution is 0.0947. The van der Waals surface area contributed by atoms with Gasteiger partial charge in [0.05, 0.1) is 35.6 Å². The SMILES string of the molecule is COc1ccc(C(=O)NN=Cc2ccc(C=NNC(=O)c3ccc(OC)c(Br)c3)cc2)cc1Br. The van der Waals surface area contributed by atoms with Crippen LogP contribution < -0.4 is 20.3 Å². The first-order valence-electron chi connectivity index (χ1n) is 9.85. The predicted molar refractivity (Wildman–Crippen MR) is 138 cm³/mol. The van der Waals surface area contributed by atoms with Crippen molar-refractivity contribution >= 4 is 56.1 Å². The van der Waals surface area contributed by atoms with Crippen LogP contribution >= 0.6 is 31.9 Å². The van der Waals surface area contributed by atoms with Gasteiger partial charge in [-0.3, -0.25) is 9.59 Å². The molecule has 0 saturated heterocycles. The van der Waals surface area contributed by atoms with Crippen LogP contribution in [0.25, 0.3) is 0 Å². The Kier molecular flexibility index (Phi) is 8.94. The van der Waals surface area contributed by atoms with Gasteiger partial charge < -0.3 is 9.47 Å². The van der Waals surface area contributed by atoms with Gasteiger partial charge in [-0.15, -0.1) is 0 Å². The summed E-state index contributed by atoms with van der Waals surface area (Å²) in [5.74, 6) is 0.583. The Labute approximate surface area is 213 Å². The predicted octanol–water partition coefficient (Wildman–Crippen LogP) is 4.76.